The number of carbonyl (C=O) groups excluding carboxylic acids is 2. The van der Waals surface area contributed by atoms with Gasteiger partial charge in [-0.15, -0.1) is 0 Å². The van der Waals surface area contributed by atoms with Crippen molar-refractivity contribution in [3.05, 3.63) is 53.9 Å². The molecule has 12 heteroatoms. The van der Waals surface area contributed by atoms with Gasteiger partial charge >= 0.3 is 12.0 Å². The number of carbonyl (C=O) groups is 3. The fraction of sp³-hybridized carbons (Fsp3) is 0.370. The van der Waals surface area contributed by atoms with E-state index in [1.807, 2.05) is 24.3 Å². The lowest BCUT2D eigenvalue weighted by molar-refractivity contribution is -0.136. The Balaban J connectivity index is 1.35. The van der Waals surface area contributed by atoms with Crippen LogP contribution in [-0.4, -0.2) is 59.2 Å². The molecule has 2 fully saturated rings. The van der Waals surface area contributed by atoms with Crippen LogP contribution in [-0.2, 0) is 16.0 Å². The Labute approximate surface area is 234 Å². The molecule has 1 aromatic carbocycles. The topological polar surface area (TPSA) is 134 Å². The molecule has 1 saturated carbocycles. The lowest BCUT2D eigenvalue weighted by Gasteiger charge is -2.29. The summed E-state index contributed by atoms with van der Waals surface area (Å²) >= 11 is 2.47. The van der Waals surface area contributed by atoms with Crippen molar-refractivity contribution in [3.8, 4) is 0 Å². The summed E-state index contributed by atoms with van der Waals surface area (Å²) in [5.41, 5.74) is 2.22. The molecule has 0 bridgehead atoms. The molecule has 2 aliphatic rings. The van der Waals surface area contributed by atoms with Crippen LogP contribution >= 0.6 is 23.1 Å². The van der Waals surface area contributed by atoms with Crippen molar-refractivity contribution in [2.45, 2.75) is 41.3 Å². The first-order valence-electron chi connectivity index (χ1n) is 12.9. The average molecular weight is 568 g/mol. The summed E-state index contributed by atoms with van der Waals surface area (Å²) in [4.78, 5) is 48.7. The van der Waals surface area contributed by atoms with Gasteiger partial charge in [0, 0.05) is 36.5 Å². The maximum Gasteiger partial charge on any atom is 0.325 e. The van der Waals surface area contributed by atoms with Crippen LogP contribution in [0.5, 0.6) is 0 Å². The molecule has 2 amide bonds. The molecule has 39 heavy (non-hydrogen) atoms. The number of benzene rings is 1. The third-order valence-corrected chi connectivity index (χ3v) is 8.83. The quantitative estimate of drug-likeness (QED) is 0.299. The summed E-state index contributed by atoms with van der Waals surface area (Å²) in [5.74, 6) is -1.02. The Bertz CT molecular complexity index is 1340. The minimum atomic E-state index is -1.02. The first-order valence-corrected chi connectivity index (χ1v) is 14.5. The van der Waals surface area contributed by atoms with E-state index < -0.39 is 12.0 Å². The molecule has 204 valence electrons. The molecule has 3 N–H and O–H groups in total. The van der Waals surface area contributed by atoms with Gasteiger partial charge in [0.1, 0.15) is 5.03 Å². The van der Waals surface area contributed by atoms with E-state index in [1.165, 1.54) is 23.1 Å². The molecular formula is C27H29N5O5S2. The van der Waals surface area contributed by atoms with E-state index in [0.29, 0.717) is 39.4 Å². The largest absolute Gasteiger partial charge is 0.481 e. The molecule has 10 nitrogen and oxygen atoms in total. The number of ketones is 1. The Morgan fingerprint density at radius 3 is 2.62 bits per heavy atom. The number of aromatic nitrogens is 2. The van der Waals surface area contributed by atoms with Crippen LogP contribution in [0.1, 0.15) is 41.7 Å². The van der Waals surface area contributed by atoms with Crippen molar-refractivity contribution >= 4 is 57.4 Å². The van der Waals surface area contributed by atoms with Crippen molar-refractivity contribution in [1.29, 1.82) is 0 Å². The normalized spacial score (nSPS) is 15.7. The van der Waals surface area contributed by atoms with Gasteiger partial charge in [0.15, 0.2) is 10.9 Å². The molecule has 0 atom stereocenters. The Hall–Kier alpha value is -3.48. The fourth-order valence-electron chi connectivity index (χ4n) is 4.75. The summed E-state index contributed by atoms with van der Waals surface area (Å²) in [6, 6.07) is 10.4. The van der Waals surface area contributed by atoms with Gasteiger partial charge in [-0.05, 0) is 43.2 Å². The van der Waals surface area contributed by atoms with Gasteiger partial charge in [-0.2, -0.15) is 0 Å². The van der Waals surface area contributed by atoms with E-state index in [0.717, 1.165) is 44.5 Å². The van der Waals surface area contributed by atoms with Crippen LogP contribution in [0.25, 0.3) is 0 Å². The number of aliphatic carboxylic acids is 1. The van der Waals surface area contributed by atoms with E-state index >= 15 is 0 Å². The lowest BCUT2D eigenvalue weighted by atomic mass is 9.94. The zero-order valence-electron chi connectivity index (χ0n) is 21.2. The Morgan fingerprint density at radius 2 is 1.90 bits per heavy atom. The van der Waals surface area contributed by atoms with Crippen LogP contribution in [0.3, 0.4) is 0 Å². The highest BCUT2D eigenvalue weighted by atomic mass is 32.2. The molecule has 0 unspecified atom stereocenters. The molecular weight excluding hydrogens is 538 g/mol. The molecule has 5 rings (SSSR count). The lowest BCUT2D eigenvalue weighted by Crippen LogP contribution is -2.36. The van der Waals surface area contributed by atoms with Gasteiger partial charge in [0.05, 0.1) is 35.2 Å². The summed E-state index contributed by atoms with van der Waals surface area (Å²) in [6.07, 6.45) is 5.15. The standard InChI is InChI=1S/C27H29N5O5S2/c33-23(34)16-21-25(38-22-7-3-4-10-28-22)39-27(30-21)31-26(36)29-20-9-8-18(32-11-13-37-14-12-32)15-19(20)24(35)17-5-1-2-6-17/h3-4,7-10,15,17H,1-2,5-6,11-14,16H2,(H,33,34)(H2,29,30,31,36). The second-order valence-electron chi connectivity index (χ2n) is 9.35. The average Bonchev–Trinajstić information content (AvgIpc) is 3.60. The molecule has 3 aromatic rings. The molecule has 0 spiro atoms. The maximum absolute atomic E-state index is 13.5. The molecule has 3 heterocycles. The first-order chi connectivity index (χ1) is 19.0. The third kappa shape index (κ3) is 6.94. The van der Waals surface area contributed by atoms with Crippen LogP contribution in [0.2, 0.25) is 0 Å². The number of amides is 2. The summed E-state index contributed by atoms with van der Waals surface area (Å²) in [5, 5.41) is 15.8. The van der Waals surface area contributed by atoms with Crippen molar-refractivity contribution in [2.24, 2.45) is 5.92 Å². The van der Waals surface area contributed by atoms with Crippen LogP contribution in [0.4, 0.5) is 21.3 Å². The van der Waals surface area contributed by atoms with Crippen LogP contribution in [0.15, 0.2) is 51.8 Å². The predicted molar refractivity (Wildman–Crippen MR) is 150 cm³/mol. The van der Waals surface area contributed by atoms with Gasteiger partial charge in [-0.1, -0.05) is 42.0 Å². The maximum atomic E-state index is 13.5. The zero-order valence-corrected chi connectivity index (χ0v) is 22.9. The van der Waals surface area contributed by atoms with Gasteiger partial charge in [-0.3, -0.25) is 14.9 Å². The van der Waals surface area contributed by atoms with Gasteiger partial charge < -0.3 is 20.1 Å². The highest BCUT2D eigenvalue weighted by Crippen LogP contribution is 2.37. The van der Waals surface area contributed by atoms with Crippen LogP contribution in [0, 0.1) is 5.92 Å². The smallest absolute Gasteiger partial charge is 0.325 e. The van der Waals surface area contributed by atoms with E-state index in [1.54, 1.807) is 18.3 Å². The minimum absolute atomic E-state index is 0.0442. The molecule has 0 radical (unpaired) electrons. The summed E-state index contributed by atoms with van der Waals surface area (Å²) in [6.45, 7) is 2.75. The number of thiazole rings is 1. The number of hydrogen-bond acceptors (Lipinski definition) is 9. The highest BCUT2D eigenvalue weighted by molar-refractivity contribution is 8.01. The number of anilines is 3. The van der Waals surface area contributed by atoms with Crippen molar-refractivity contribution in [2.75, 3.05) is 41.8 Å². The molecule has 1 aliphatic carbocycles. The fourth-order valence-corrected chi connectivity index (χ4v) is 6.81. The van der Waals surface area contributed by atoms with E-state index in [9.17, 15) is 19.5 Å². The number of nitrogens with one attached hydrogen (secondary N) is 2. The van der Waals surface area contributed by atoms with Crippen LogP contribution < -0.4 is 15.5 Å². The number of hydrogen-bond donors (Lipinski definition) is 3. The number of Topliss-reactive ketones (excluding diaryl/α,β-unsaturated/α-hetero) is 1. The monoisotopic (exact) mass is 567 g/mol. The minimum Gasteiger partial charge on any atom is -0.481 e. The van der Waals surface area contributed by atoms with E-state index in [4.69, 9.17) is 4.74 Å². The number of carboxylic acids is 1. The number of nitrogens with zero attached hydrogens (tertiary/aromatic N) is 3. The van der Waals surface area contributed by atoms with Crippen molar-refractivity contribution < 1.29 is 24.2 Å². The van der Waals surface area contributed by atoms with Crippen molar-refractivity contribution in [3.63, 3.8) is 0 Å². The van der Waals surface area contributed by atoms with Crippen molar-refractivity contribution in [1.82, 2.24) is 9.97 Å². The predicted octanol–water partition coefficient (Wildman–Crippen LogP) is 5.17. The molecule has 1 aliphatic heterocycles. The zero-order chi connectivity index (χ0) is 27.2. The molecule has 2 aromatic heterocycles. The molecule has 1 saturated heterocycles. The highest BCUT2D eigenvalue weighted by Gasteiger charge is 2.27. The number of rotatable bonds is 9. The third-order valence-electron chi connectivity index (χ3n) is 6.65. The van der Waals surface area contributed by atoms with Gasteiger partial charge in [-0.25, -0.2) is 14.8 Å². The summed E-state index contributed by atoms with van der Waals surface area (Å²) in [7, 11) is 0. The first kappa shape index (κ1) is 27.1. The Morgan fingerprint density at radius 1 is 1.10 bits per heavy atom. The summed E-state index contributed by atoms with van der Waals surface area (Å²) < 4.78 is 6.10. The van der Waals surface area contributed by atoms with Gasteiger partial charge in [0.25, 0.3) is 0 Å². The van der Waals surface area contributed by atoms with E-state index in [-0.39, 0.29) is 23.3 Å². The number of pyridine rings is 1. The van der Waals surface area contributed by atoms with Gasteiger partial charge in [0.2, 0.25) is 0 Å². The number of urea groups is 1. The SMILES string of the molecule is O=C(O)Cc1nc(NC(=O)Nc2ccc(N3CCOCC3)cc2C(=O)C2CCCC2)sc1Sc1ccccn1. The second-order valence-corrected chi connectivity index (χ2v) is 11.6. The number of carboxylic acid groups (broad SMARTS) is 1. The number of ether oxygens (including phenoxy) is 1. The Kier molecular flexibility index (Phi) is 8.74. The van der Waals surface area contributed by atoms with E-state index in [2.05, 4.69) is 25.5 Å². The number of morpholine rings is 1. The second kappa shape index (κ2) is 12.6.